The van der Waals surface area contributed by atoms with Crippen molar-refractivity contribution >= 4 is 11.8 Å². The Hall–Kier alpha value is -1.88. The van der Waals surface area contributed by atoms with Crippen molar-refractivity contribution in [3.63, 3.8) is 0 Å². The molecule has 5 nitrogen and oxygen atoms in total. The summed E-state index contributed by atoms with van der Waals surface area (Å²) < 4.78 is 0. The maximum atomic E-state index is 12.7. The molecular formula is C17H25N3O2. The lowest BCUT2D eigenvalue weighted by Gasteiger charge is -2.38. The molecule has 1 aromatic carbocycles. The third-order valence-electron chi connectivity index (χ3n) is 4.02. The first-order valence-electron chi connectivity index (χ1n) is 7.76. The maximum Gasteiger partial charge on any atom is 0.244 e. The molecule has 5 heteroatoms. The minimum atomic E-state index is -0.284. The van der Waals surface area contributed by atoms with Crippen molar-refractivity contribution < 1.29 is 9.59 Å². The molecule has 120 valence electrons. The molecule has 0 aliphatic carbocycles. The van der Waals surface area contributed by atoms with Crippen molar-refractivity contribution in [2.24, 2.45) is 0 Å². The van der Waals surface area contributed by atoms with E-state index in [4.69, 9.17) is 0 Å². The molecule has 0 aromatic heterocycles. The Labute approximate surface area is 132 Å². The standard InChI is InChI=1S/C17H25N3O2/c1-13(21)18-15-10-7-11-20(12-15)16(17(22)19(2)3)14-8-5-4-6-9-14/h4-6,8-9,15-16H,7,10-12H2,1-3H3,(H,18,21). The van der Waals surface area contributed by atoms with Gasteiger partial charge in [0.1, 0.15) is 6.04 Å². The minimum absolute atomic E-state index is 0.0120. The summed E-state index contributed by atoms with van der Waals surface area (Å²) in [6.45, 7) is 3.12. The molecule has 1 aliphatic rings. The van der Waals surface area contributed by atoms with Gasteiger partial charge < -0.3 is 10.2 Å². The Kier molecular flexibility index (Phi) is 5.55. The molecule has 0 saturated carbocycles. The number of carbonyl (C=O) groups excluding carboxylic acids is 2. The first-order valence-corrected chi connectivity index (χ1v) is 7.76. The molecule has 1 saturated heterocycles. The molecule has 2 atom stereocenters. The molecule has 0 spiro atoms. The van der Waals surface area contributed by atoms with Crippen LogP contribution < -0.4 is 5.32 Å². The van der Waals surface area contributed by atoms with Crippen LogP contribution in [-0.4, -0.2) is 54.8 Å². The smallest absolute Gasteiger partial charge is 0.244 e. The van der Waals surface area contributed by atoms with Crippen LogP contribution in [0.3, 0.4) is 0 Å². The van der Waals surface area contributed by atoms with E-state index in [2.05, 4.69) is 10.2 Å². The molecule has 2 unspecified atom stereocenters. The van der Waals surface area contributed by atoms with E-state index in [1.165, 1.54) is 0 Å². The summed E-state index contributed by atoms with van der Waals surface area (Å²) in [7, 11) is 3.57. The van der Waals surface area contributed by atoms with Crippen LogP contribution in [0, 0.1) is 0 Å². The summed E-state index contributed by atoms with van der Waals surface area (Å²) in [5, 5.41) is 2.98. The Morgan fingerprint density at radius 1 is 1.27 bits per heavy atom. The summed E-state index contributed by atoms with van der Waals surface area (Å²) >= 11 is 0. The highest BCUT2D eigenvalue weighted by atomic mass is 16.2. The van der Waals surface area contributed by atoms with Gasteiger partial charge in [0, 0.05) is 33.6 Å². The van der Waals surface area contributed by atoms with E-state index in [0.717, 1.165) is 24.9 Å². The van der Waals surface area contributed by atoms with Crippen LogP contribution in [0.4, 0.5) is 0 Å². The quantitative estimate of drug-likeness (QED) is 0.915. The number of piperidine rings is 1. The summed E-state index contributed by atoms with van der Waals surface area (Å²) in [6, 6.07) is 9.69. The highest BCUT2D eigenvalue weighted by Gasteiger charge is 2.32. The summed E-state index contributed by atoms with van der Waals surface area (Å²) in [5.74, 6) is 0.0664. The number of likely N-dealkylation sites (N-methyl/N-ethyl adjacent to an activating group) is 1. The van der Waals surface area contributed by atoms with Crippen LogP contribution in [0.15, 0.2) is 30.3 Å². The lowest BCUT2D eigenvalue weighted by Crippen LogP contribution is -2.51. The first-order chi connectivity index (χ1) is 10.5. The number of carbonyl (C=O) groups is 2. The van der Waals surface area contributed by atoms with Crippen LogP contribution in [0.5, 0.6) is 0 Å². The predicted molar refractivity (Wildman–Crippen MR) is 86.3 cm³/mol. The normalized spacial score (nSPS) is 20.2. The number of rotatable bonds is 4. The van der Waals surface area contributed by atoms with Crippen LogP contribution in [-0.2, 0) is 9.59 Å². The minimum Gasteiger partial charge on any atom is -0.352 e. The van der Waals surface area contributed by atoms with Gasteiger partial charge in [0.2, 0.25) is 11.8 Å². The van der Waals surface area contributed by atoms with Gasteiger partial charge in [0.05, 0.1) is 0 Å². The lowest BCUT2D eigenvalue weighted by atomic mass is 9.98. The van der Waals surface area contributed by atoms with E-state index in [1.807, 2.05) is 30.3 Å². The molecular weight excluding hydrogens is 278 g/mol. The fourth-order valence-electron chi connectivity index (χ4n) is 3.04. The zero-order chi connectivity index (χ0) is 16.1. The molecule has 1 aromatic rings. The van der Waals surface area contributed by atoms with Crippen molar-refractivity contribution in [1.29, 1.82) is 0 Å². The molecule has 2 rings (SSSR count). The van der Waals surface area contributed by atoms with E-state index in [1.54, 1.807) is 25.9 Å². The van der Waals surface area contributed by atoms with E-state index in [0.29, 0.717) is 6.54 Å². The third-order valence-corrected chi connectivity index (χ3v) is 4.02. The van der Waals surface area contributed by atoms with Crippen molar-refractivity contribution in [2.75, 3.05) is 27.2 Å². The topological polar surface area (TPSA) is 52.7 Å². The van der Waals surface area contributed by atoms with Gasteiger partial charge in [-0.15, -0.1) is 0 Å². The van der Waals surface area contributed by atoms with Crippen molar-refractivity contribution in [3.05, 3.63) is 35.9 Å². The highest BCUT2D eigenvalue weighted by molar-refractivity contribution is 5.83. The third kappa shape index (κ3) is 4.07. The second-order valence-corrected chi connectivity index (χ2v) is 6.08. The molecule has 22 heavy (non-hydrogen) atoms. The largest absolute Gasteiger partial charge is 0.352 e. The summed E-state index contributed by atoms with van der Waals surface area (Å²) in [6.07, 6.45) is 1.95. The number of hydrogen-bond acceptors (Lipinski definition) is 3. The van der Waals surface area contributed by atoms with E-state index in [9.17, 15) is 9.59 Å². The number of nitrogens with zero attached hydrogens (tertiary/aromatic N) is 2. The van der Waals surface area contributed by atoms with Crippen molar-refractivity contribution in [2.45, 2.75) is 31.8 Å². The monoisotopic (exact) mass is 303 g/mol. The van der Waals surface area contributed by atoms with Crippen molar-refractivity contribution in [3.8, 4) is 0 Å². The molecule has 1 heterocycles. The zero-order valence-corrected chi connectivity index (χ0v) is 13.6. The Bertz CT molecular complexity index is 516. The van der Waals surface area contributed by atoms with Crippen molar-refractivity contribution in [1.82, 2.24) is 15.1 Å². The van der Waals surface area contributed by atoms with Gasteiger partial charge in [-0.3, -0.25) is 14.5 Å². The highest BCUT2D eigenvalue weighted by Crippen LogP contribution is 2.26. The molecule has 0 radical (unpaired) electrons. The van der Waals surface area contributed by atoms with Gasteiger partial charge in [-0.25, -0.2) is 0 Å². The number of nitrogens with one attached hydrogen (secondary N) is 1. The molecule has 1 N–H and O–H groups in total. The van der Waals surface area contributed by atoms with E-state index < -0.39 is 0 Å². The predicted octanol–water partition coefficient (Wildman–Crippen LogP) is 1.42. The van der Waals surface area contributed by atoms with Crippen LogP contribution in [0.25, 0.3) is 0 Å². The summed E-state index contributed by atoms with van der Waals surface area (Å²) in [5.41, 5.74) is 1.00. The summed E-state index contributed by atoms with van der Waals surface area (Å²) in [4.78, 5) is 27.8. The van der Waals surface area contributed by atoms with E-state index in [-0.39, 0.29) is 23.9 Å². The average molecular weight is 303 g/mol. The molecule has 1 fully saturated rings. The fraction of sp³-hybridized carbons (Fsp3) is 0.529. The molecule has 0 bridgehead atoms. The zero-order valence-electron chi connectivity index (χ0n) is 13.6. The van der Waals surface area contributed by atoms with Crippen LogP contribution in [0.2, 0.25) is 0 Å². The molecule has 2 amide bonds. The SMILES string of the molecule is CC(=O)NC1CCCN(C(C(=O)N(C)C)c2ccccc2)C1. The Balaban J connectivity index is 2.21. The maximum absolute atomic E-state index is 12.7. The van der Waals surface area contributed by atoms with Gasteiger partial charge in [-0.2, -0.15) is 0 Å². The van der Waals surface area contributed by atoms with Crippen LogP contribution >= 0.6 is 0 Å². The van der Waals surface area contributed by atoms with Gasteiger partial charge in [-0.1, -0.05) is 30.3 Å². The average Bonchev–Trinajstić information content (AvgIpc) is 2.48. The number of hydrogen-bond donors (Lipinski definition) is 1. The van der Waals surface area contributed by atoms with Gasteiger partial charge in [0.15, 0.2) is 0 Å². The number of amides is 2. The van der Waals surface area contributed by atoms with Gasteiger partial charge in [0.25, 0.3) is 0 Å². The fourth-order valence-corrected chi connectivity index (χ4v) is 3.04. The van der Waals surface area contributed by atoms with Gasteiger partial charge >= 0.3 is 0 Å². The molecule has 1 aliphatic heterocycles. The Morgan fingerprint density at radius 3 is 2.55 bits per heavy atom. The number of benzene rings is 1. The second kappa shape index (κ2) is 7.40. The van der Waals surface area contributed by atoms with Crippen LogP contribution in [0.1, 0.15) is 31.4 Å². The first kappa shape index (κ1) is 16.5. The lowest BCUT2D eigenvalue weighted by molar-refractivity contribution is -0.135. The Morgan fingerprint density at radius 2 is 1.95 bits per heavy atom. The number of likely N-dealkylation sites (tertiary alicyclic amines) is 1. The van der Waals surface area contributed by atoms with Gasteiger partial charge in [-0.05, 0) is 24.9 Å². The van der Waals surface area contributed by atoms with E-state index >= 15 is 0 Å². The second-order valence-electron chi connectivity index (χ2n) is 6.08.